The van der Waals surface area contributed by atoms with Crippen LogP contribution in [-0.4, -0.2) is 50.1 Å². The minimum atomic E-state index is 0. The van der Waals surface area contributed by atoms with E-state index in [9.17, 15) is 4.79 Å². The first-order valence-corrected chi connectivity index (χ1v) is 8.00. The third kappa shape index (κ3) is 4.30. The molecule has 7 nitrogen and oxygen atoms in total. The van der Waals surface area contributed by atoms with Gasteiger partial charge in [0.2, 0.25) is 11.7 Å². The Hall–Kier alpha value is -1.99. The van der Waals surface area contributed by atoms with Crippen LogP contribution >= 0.6 is 12.4 Å². The maximum absolute atomic E-state index is 12.4. The van der Waals surface area contributed by atoms with Gasteiger partial charge in [-0.3, -0.25) is 4.79 Å². The van der Waals surface area contributed by atoms with Gasteiger partial charge in [-0.25, -0.2) is 0 Å². The van der Waals surface area contributed by atoms with E-state index in [0.717, 1.165) is 31.5 Å². The van der Waals surface area contributed by atoms with Gasteiger partial charge in [0.1, 0.15) is 6.54 Å². The summed E-state index contributed by atoms with van der Waals surface area (Å²) in [6.07, 6.45) is 2.08. The normalized spacial score (nSPS) is 18.8. The molecule has 0 radical (unpaired) electrons. The number of piperidine rings is 1. The minimum absolute atomic E-state index is 0. The molecule has 0 spiro atoms. The number of carbonyl (C=O) groups is 1. The molecular formula is C16H23ClN6O. The largest absolute Gasteiger partial charge is 0.341 e. The molecule has 0 saturated carbocycles. The van der Waals surface area contributed by atoms with Gasteiger partial charge in [-0.15, -0.1) is 22.6 Å². The fraction of sp³-hybridized carbons (Fsp3) is 0.500. The molecule has 1 fully saturated rings. The number of aromatic nitrogens is 4. The molecule has 1 aliphatic heterocycles. The number of likely N-dealkylation sites (tertiary alicyclic amines) is 1. The molecule has 1 aliphatic rings. The standard InChI is InChI=1S/C16H22N6O.ClH/c1-12(17)14-8-5-9-21(10-14)15(23)11-22-19-16(18-20-22)13-6-3-2-4-7-13;/h2-4,6-7,12,14H,5,8-11,17H2,1H3;1H. The molecule has 2 atom stereocenters. The number of hydrogen-bond acceptors (Lipinski definition) is 5. The number of carbonyl (C=O) groups excluding carboxylic acids is 1. The van der Waals surface area contributed by atoms with Gasteiger partial charge in [0.25, 0.3) is 0 Å². The Balaban J connectivity index is 0.00000208. The van der Waals surface area contributed by atoms with Gasteiger partial charge in [-0.05, 0) is 30.9 Å². The zero-order chi connectivity index (χ0) is 16.2. The van der Waals surface area contributed by atoms with Crippen molar-refractivity contribution in [1.82, 2.24) is 25.1 Å². The third-order valence-corrected chi connectivity index (χ3v) is 4.32. The lowest BCUT2D eigenvalue weighted by atomic mass is 9.92. The van der Waals surface area contributed by atoms with Gasteiger partial charge in [0.05, 0.1) is 0 Å². The molecule has 1 aromatic carbocycles. The van der Waals surface area contributed by atoms with Crippen LogP contribution in [-0.2, 0) is 11.3 Å². The van der Waals surface area contributed by atoms with E-state index in [1.807, 2.05) is 42.2 Å². The number of rotatable bonds is 4. The van der Waals surface area contributed by atoms with E-state index in [0.29, 0.717) is 11.7 Å². The summed E-state index contributed by atoms with van der Waals surface area (Å²) in [6, 6.07) is 9.72. The molecule has 130 valence electrons. The Kier molecular flexibility index (Phi) is 6.28. The second-order valence-electron chi connectivity index (χ2n) is 6.11. The monoisotopic (exact) mass is 350 g/mol. The summed E-state index contributed by atoms with van der Waals surface area (Å²) in [5, 5.41) is 12.3. The van der Waals surface area contributed by atoms with E-state index in [1.165, 1.54) is 4.80 Å². The molecule has 3 rings (SSSR count). The zero-order valence-electron chi connectivity index (χ0n) is 13.7. The lowest BCUT2D eigenvalue weighted by Gasteiger charge is -2.34. The number of amides is 1. The van der Waals surface area contributed by atoms with E-state index in [2.05, 4.69) is 15.4 Å². The molecule has 0 bridgehead atoms. The topological polar surface area (TPSA) is 89.9 Å². The van der Waals surface area contributed by atoms with Crippen LogP contribution in [0.5, 0.6) is 0 Å². The van der Waals surface area contributed by atoms with Crippen LogP contribution in [0.2, 0.25) is 0 Å². The molecule has 1 amide bonds. The number of halogens is 1. The third-order valence-electron chi connectivity index (χ3n) is 4.32. The lowest BCUT2D eigenvalue weighted by molar-refractivity contribution is -0.134. The van der Waals surface area contributed by atoms with Gasteiger partial charge in [0, 0.05) is 24.7 Å². The molecular weight excluding hydrogens is 328 g/mol. The molecule has 1 saturated heterocycles. The molecule has 0 aliphatic carbocycles. The predicted molar refractivity (Wildman–Crippen MR) is 93.5 cm³/mol. The van der Waals surface area contributed by atoms with Gasteiger partial charge < -0.3 is 10.6 Å². The maximum atomic E-state index is 12.4. The quantitative estimate of drug-likeness (QED) is 0.898. The summed E-state index contributed by atoms with van der Waals surface area (Å²) < 4.78 is 0. The van der Waals surface area contributed by atoms with Crippen LogP contribution in [0.25, 0.3) is 11.4 Å². The predicted octanol–water partition coefficient (Wildman–Crippen LogP) is 1.35. The van der Waals surface area contributed by atoms with E-state index in [1.54, 1.807) is 0 Å². The highest BCUT2D eigenvalue weighted by atomic mass is 35.5. The molecule has 2 aromatic rings. The minimum Gasteiger partial charge on any atom is -0.341 e. The summed E-state index contributed by atoms with van der Waals surface area (Å²) in [5.41, 5.74) is 6.86. The molecule has 8 heteroatoms. The van der Waals surface area contributed by atoms with Crippen LogP contribution in [0.15, 0.2) is 30.3 Å². The van der Waals surface area contributed by atoms with Crippen LogP contribution in [0.3, 0.4) is 0 Å². The Morgan fingerprint density at radius 2 is 2.12 bits per heavy atom. The molecule has 2 heterocycles. The Morgan fingerprint density at radius 3 is 2.83 bits per heavy atom. The van der Waals surface area contributed by atoms with E-state index < -0.39 is 0 Å². The van der Waals surface area contributed by atoms with Gasteiger partial charge >= 0.3 is 0 Å². The molecule has 2 N–H and O–H groups in total. The Bertz CT molecular complexity index is 660. The SMILES string of the molecule is CC(N)C1CCCN(C(=O)Cn2nnc(-c3ccccc3)n2)C1.Cl. The van der Waals surface area contributed by atoms with Crippen molar-refractivity contribution in [3.05, 3.63) is 30.3 Å². The molecule has 1 aromatic heterocycles. The lowest BCUT2D eigenvalue weighted by Crippen LogP contribution is -2.46. The summed E-state index contributed by atoms with van der Waals surface area (Å²) in [5.74, 6) is 0.925. The average molecular weight is 351 g/mol. The van der Waals surface area contributed by atoms with Crippen molar-refractivity contribution in [2.45, 2.75) is 32.4 Å². The molecule has 24 heavy (non-hydrogen) atoms. The number of tetrazole rings is 1. The number of nitrogens with two attached hydrogens (primary N) is 1. The first kappa shape index (κ1) is 18.4. The van der Waals surface area contributed by atoms with Gasteiger partial charge in [-0.1, -0.05) is 30.3 Å². The van der Waals surface area contributed by atoms with Crippen molar-refractivity contribution >= 4 is 18.3 Å². The van der Waals surface area contributed by atoms with E-state index >= 15 is 0 Å². The summed E-state index contributed by atoms with van der Waals surface area (Å²) in [4.78, 5) is 15.7. The maximum Gasteiger partial charge on any atom is 0.246 e. The van der Waals surface area contributed by atoms with Crippen molar-refractivity contribution in [1.29, 1.82) is 0 Å². The van der Waals surface area contributed by atoms with Crippen molar-refractivity contribution in [3.8, 4) is 11.4 Å². The summed E-state index contributed by atoms with van der Waals surface area (Å²) in [6.45, 7) is 3.62. The highest BCUT2D eigenvalue weighted by Gasteiger charge is 2.26. The van der Waals surface area contributed by atoms with Crippen LogP contribution in [0, 0.1) is 5.92 Å². The number of nitrogens with zero attached hydrogens (tertiary/aromatic N) is 5. The fourth-order valence-corrected chi connectivity index (χ4v) is 2.90. The highest BCUT2D eigenvalue weighted by Crippen LogP contribution is 2.19. The van der Waals surface area contributed by atoms with E-state index in [4.69, 9.17) is 5.73 Å². The van der Waals surface area contributed by atoms with Crippen LogP contribution in [0.4, 0.5) is 0 Å². The zero-order valence-corrected chi connectivity index (χ0v) is 14.5. The second kappa shape index (κ2) is 8.21. The first-order chi connectivity index (χ1) is 11.1. The van der Waals surface area contributed by atoms with Crippen LogP contribution in [0.1, 0.15) is 19.8 Å². The number of benzene rings is 1. The van der Waals surface area contributed by atoms with Crippen molar-refractivity contribution < 1.29 is 4.79 Å². The summed E-state index contributed by atoms with van der Waals surface area (Å²) >= 11 is 0. The van der Waals surface area contributed by atoms with Crippen molar-refractivity contribution in [3.63, 3.8) is 0 Å². The van der Waals surface area contributed by atoms with Gasteiger partial charge in [-0.2, -0.15) is 4.80 Å². The first-order valence-electron chi connectivity index (χ1n) is 8.00. The van der Waals surface area contributed by atoms with Crippen molar-refractivity contribution in [2.75, 3.05) is 13.1 Å². The highest BCUT2D eigenvalue weighted by molar-refractivity contribution is 5.85. The Morgan fingerprint density at radius 1 is 1.38 bits per heavy atom. The van der Waals surface area contributed by atoms with Crippen LogP contribution < -0.4 is 5.73 Å². The smallest absolute Gasteiger partial charge is 0.246 e. The van der Waals surface area contributed by atoms with E-state index in [-0.39, 0.29) is 30.9 Å². The average Bonchev–Trinajstić information content (AvgIpc) is 3.04. The van der Waals surface area contributed by atoms with Crippen molar-refractivity contribution in [2.24, 2.45) is 11.7 Å². The molecule has 2 unspecified atom stereocenters. The number of hydrogen-bond donors (Lipinski definition) is 1. The second-order valence-corrected chi connectivity index (χ2v) is 6.11. The van der Waals surface area contributed by atoms with Gasteiger partial charge in [0.15, 0.2) is 0 Å². The summed E-state index contributed by atoms with van der Waals surface area (Å²) in [7, 11) is 0. The Labute approximate surface area is 147 Å². The fourth-order valence-electron chi connectivity index (χ4n) is 2.90.